The molecule has 4 aromatic rings. The van der Waals surface area contributed by atoms with Crippen molar-refractivity contribution in [3.63, 3.8) is 0 Å². The number of alkyl halides is 3. The first-order valence-corrected chi connectivity index (χ1v) is 10.7. The average Bonchev–Trinajstić information content (AvgIpc) is 3.45. The highest BCUT2D eigenvalue weighted by molar-refractivity contribution is 5.86. The zero-order valence-electron chi connectivity index (χ0n) is 18.2. The number of rotatable bonds is 4. The minimum atomic E-state index is -4.49. The van der Waals surface area contributed by atoms with E-state index in [4.69, 9.17) is 15.2 Å². The van der Waals surface area contributed by atoms with E-state index in [1.807, 2.05) is 30.7 Å². The lowest BCUT2D eigenvalue weighted by molar-refractivity contribution is -0.140. The summed E-state index contributed by atoms with van der Waals surface area (Å²) in [5.41, 5.74) is 5.90. The normalized spacial score (nSPS) is 18.3. The molecule has 0 amide bonds. The largest absolute Gasteiger partial charge is 0.491 e. The van der Waals surface area contributed by atoms with Gasteiger partial charge in [0.15, 0.2) is 0 Å². The van der Waals surface area contributed by atoms with Crippen LogP contribution in [0.5, 0.6) is 5.75 Å². The van der Waals surface area contributed by atoms with Gasteiger partial charge in [0.05, 0.1) is 17.0 Å². The van der Waals surface area contributed by atoms with E-state index >= 15 is 0 Å². The molecule has 33 heavy (non-hydrogen) atoms. The van der Waals surface area contributed by atoms with Gasteiger partial charge < -0.3 is 19.8 Å². The zero-order valence-corrected chi connectivity index (χ0v) is 18.2. The molecule has 2 atom stereocenters. The Morgan fingerprint density at radius 3 is 2.70 bits per heavy atom. The molecule has 174 valence electrons. The summed E-state index contributed by atoms with van der Waals surface area (Å²) in [6.45, 7) is 4.28. The molecular formula is C23H24F3N5O2. The van der Waals surface area contributed by atoms with E-state index in [9.17, 15) is 13.2 Å². The number of fused-ring (bicyclic) bond motifs is 2. The lowest BCUT2D eigenvalue weighted by Gasteiger charge is -2.16. The van der Waals surface area contributed by atoms with E-state index in [-0.39, 0.29) is 24.5 Å². The Morgan fingerprint density at radius 2 is 1.91 bits per heavy atom. The van der Waals surface area contributed by atoms with Crippen molar-refractivity contribution in [3.8, 4) is 5.75 Å². The van der Waals surface area contributed by atoms with Gasteiger partial charge in [-0.15, -0.1) is 0 Å². The van der Waals surface area contributed by atoms with Gasteiger partial charge >= 0.3 is 6.18 Å². The van der Waals surface area contributed by atoms with Crippen LogP contribution in [0, 0.1) is 0 Å². The van der Waals surface area contributed by atoms with Crippen LogP contribution in [0.3, 0.4) is 0 Å². The molecule has 0 saturated carbocycles. The van der Waals surface area contributed by atoms with Crippen LogP contribution in [-0.4, -0.2) is 32.2 Å². The third kappa shape index (κ3) is 4.70. The molecule has 0 aliphatic carbocycles. The van der Waals surface area contributed by atoms with Crippen LogP contribution in [0.15, 0.2) is 48.9 Å². The predicted octanol–water partition coefficient (Wildman–Crippen LogP) is 5.36. The SMILES string of the molecule is CC.Nc1ncnc2c1ccn2[C@H]1CC[C@@H](COc2ccc3ccc(C(F)(F)F)nc3c2)O1. The molecule has 1 aliphatic rings. The number of halogens is 3. The Bertz CT molecular complexity index is 1260. The van der Waals surface area contributed by atoms with E-state index in [0.717, 1.165) is 24.3 Å². The van der Waals surface area contributed by atoms with E-state index in [2.05, 4.69) is 15.0 Å². The molecular weight excluding hydrogens is 435 g/mol. The van der Waals surface area contributed by atoms with Crippen molar-refractivity contribution in [2.24, 2.45) is 0 Å². The predicted molar refractivity (Wildman–Crippen MR) is 119 cm³/mol. The van der Waals surface area contributed by atoms with Crippen LogP contribution < -0.4 is 10.5 Å². The van der Waals surface area contributed by atoms with Crippen LogP contribution in [0.1, 0.15) is 38.6 Å². The van der Waals surface area contributed by atoms with E-state index in [1.54, 1.807) is 12.1 Å². The Labute approximate surface area is 188 Å². The summed E-state index contributed by atoms with van der Waals surface area (Å²) in [6.07, 6.45) is -0.0147. The van der Waals surface area contributed by atoms with Gasteiger partial charge in [0.25, 0.3) is 0 Å². The maximum atomic E-state index is 12.9. The van der Waals surface area contributed by atoms with Crippen molar-refractivity contribution in [1.82, 2.24) is 19.5 Å². The Kier molecular flexibility index (Phi) is 6.37. The highest BCUT2D eigenvalue weighted by Gasteiger charge is 2.32. The first-order chi connectivity index (χ1) is 15.9. The summed E-state index contributed by atoms with van der Waals surface area (Å²) in [4.78, 5) is 12.0. The molecule has 2 N–H and O–H groups in total. The smallest absolute Gasteiger partial charge is 0.433 e. The monoisotopic (exact) mass is 459 g/mol. The van der Waals surface area contributed by atoms with Crippen molar-refractivity contribution >= 4 is 27.8 Å². The lowest BCUT2D eigenvalue weighted by Crippen LogP contribution is -2.18. The van der Waals surface area contributed by atoms with Crippen molar-refractivity contribution in [2.45, 2.75) is 45.2 Å². The van der Waals surface area contributed by atoms with Crippen LogP contribution >= 0.6 is 0 Å². The average molecular weight is 459 g/mol. The van der Waals surface area contributed by atoms with Crippen LogP contribution in [-0.2, 0) is 10.9 Å². The van der Waals surface area contributed by atoms with E-state index < -0.39 is 11.9 Å². The molecule has 7 nitrogen and oxygen atoms in total. The number of benzene rings is 1. The fourth-order valence-corrected chi connectivity index (χ4v) is 3.77. The molecule has 0 radical (unpaired) electrons. The third-order valence-electron chi connectivity index (χ3n) is 5.33. The van der Waals surface area contributed by atoms with Gasteiger partial charge in [-0.3, -0.25) is 0 Å². The number of ether oxygens (including phenoxy) is 2. The van der Waals surface area contributed by atoms with Crippen LogP contribution in [0.2, 0.25) is 0 Å². The van der Waals surface area contributed by atoms with E-state index in [1.165, 1.54) is 18.5 Å². The number of nitrogen functional groups attached to an aromatic ring is 1. The standard InChI is InChI=1S/C21H18F3N5O2.C2H6/c22-21(23,24)17-5-2-12-1-3-13(9-16(12)28-17)30-10-14-4-6-18(31-14)29-8-7-15-19(25)26-11-27-20(15)29;1-2/h1-3,5,7-9,11,14,18H,4,6,10H2,(H2,25,26,27);1-2H3/t14-,18+;/m0./s1. The molecule has 0 spiro atoms. The highest BCUT2D eigenvalue weighted by atomic mass is 19.4. The van der Waals surface area contributed by atoms with Gasteiger partial charge in [-0.1, -0.05) is 19.9 Å². The van der Waals surface area contributed by atoms with Crippen molar-refractivity contribution < 1.29 is 22.6 Å². The molecule has 3 aromatic heterocycles. The molecule has 4 heterocycles. The summed E-state index contributed by atoms with van der Waals surface area (Å²) in [7, 11) is 0. The molecule has 1 saturated heterocycles. The van der Waals surface area contributed by atoms with Crippen molar-refractivity contribution in [1.29, 1.82) is 0 Å². The van der Waals surface area contributed by atoms with Gasteiger partial charge in [-0.25, -0.2) is 15.0 Å². The number of aromatic nitrogens is 4. The summed E-state index contributed by atoms with van der Waals surface area (Å²) in [5, 5.41) is 1.38. The number of nitrogens with two attached hydrogens (primary N) is 1. The second-order valence-corrected chi connectivity index (χ2v) is 7.37. The minimum absolute atomic E-state index is 0.160. The minimum Gasteiger partial charge on any atom is -0.491 e. The first kappa shape index (κ1) is 22.8. The topological polar surface area (TPSA) is 88.1 Å². The molecule has 5 rings (SSSR count). The van der Waals surface area contributed by atoms with Crippen LogP contribution in [0.25, 0.3) is 21.9 Å². The number of pyridine rings is 1. The fraction of sp³-hybridized carbons (Fsp3) is 0.348. The van der Waals surface area contributed by atoms with Crippen molar-refractivity contribution in [2.75, 3.05) is 12.3 Å². The summed E-state index contributed by atoms with van der Waals surface area (Å²) < 4.78 is 52.6. The zero-order chi connectivity index (χ0) is 23.6. The second kappa shape index (κ2) is 9.22. The summed E-state index contributed by atoms with van der Waals surface area (Å²) in [5.74, 6) is 0.860. The first-order valence-electron chi connectivity index (χ1n) is 10.7. The molecule has 10 heteroatoms. The van der Waals surface area contributed by atoms with Gasteiger partial charge in [-0.2, -0.15) is 13.2 Å². The van der Waals surface area contributed by atoms with E-state index in [0.29, 0.717) is 22.6 Å². The van der Waals surface area contributed by atoms with Crippen LogP contribution in [0.4, 0.5) is 19.0 Å². The molecule has 1 aliphatic heterocycles. The van der Waals surface area contributed by atoms with Gasteiger partial charge in [0.2, 0.25) is 0 Å². The number of hydrogen-bond donors (Lipinski definition) is 1. The van der Waals surface area contributed by atoms with Gasteiger partial charge in [0, 0.05) is 17.6 Å². The fourth-order valence-electron chi connectivity index (χ4n) is 3.77. The number of hydrogen-bond acceptors (Lipinski definition) is 6. The Hall–Kier alpha value is -3.40. The lowest BCUT2D eigenvalue weighted by atomic mass is 10.2. The van der Waals surface area contributed by atoms with Gasteiger partial charge in [0.1, 0.15) is 42.1 Å². The second-order valence-electron chi connectivity index (χ2n) is 7.37. The third-order valence-corrected chi connectivity index (χ3v) is 5.33. The Balaban J connectivity index is 0.00000126. The number of nitrogens with zero attached hydrogens (tertiary/aromatic N) is 4. The molecule has 1 aromatic carbocycles. The number of anilines is 1. The molecule has 0 bridgehead atoms. The van der Waals surface area contributed by atoms with Gasteiger partial charge in [-0.05, 0) is 37.1 Å². The van der Waals surface area contributed by atoms with Crippen molar-refractivity contribution in [3.05, 3.63) is 54.6 Å². The summed E-state index contributed by atoms with van der Waals surface area (Å²) >= 11 is 0. The molecule has 0 unspecified atom stereocenters. The quantitative estimate of drug-likeness (QED) is 0.442. The summed E-state index contributed by atoms with van der Waals surface area (Å²) in [6, 6.07) is 9.14. The maximum absolute atomic E-state index is 12.9. The maximum Gasteiger partial charge on any atom is 0.433 e. The Morgan fingerprint density at radius 1 is 1.12 bits per heavy atom. The molecule has 1 fully saturated rings. The highest BCUT2D eigenvalue weighted by Crippen LogP contribution is 2.33.